The fraction of sp³-hybridized carbons (Fsp3) is 0.111. The zero-order valence-corrected chi connectivity index (χ0v) is 8.11. The minimum Gasteiger partial charge on any atom is -0.321 e. The molecule has 0 bridgehead atoms. The minimum atomic E-state index is -0.117. The summed E-state index contributed by atoms with van der Waals surface area (Å²) in [4.78, 5) is 0. The van der Waals surface area contributed by atoms with Crippen molar-refractivity contribution in [3.05, 3.63) is 47.5 Å². The second-order valence-corrected chi connectivity index (χ2v) is 2.75. The van der Waals surface area contributed by atoms with E-state index in [2.05, 4.69) is 6.58 Å². The lowest BCUT2D eigenvalue weighted by Crippen LogP contribution is -2.05. The summed E-state index contributed by atoms with van der Waals surface area (Å²) in [5.41, 5.74) is 6.68. The van der Waals surface area contributed by atoms with Crippen molar-refractivity contribution in [3.63, 3.8) is 0 Å². The van der Waals surface area contributed by atoms with Gasteiger partial charge in [-0.15, -0.1) is 19.0 Å². The number of rotatable bonds is 2. The van der Waals surface area contributed by atoms with Crippen LogP contribution in [0, 0.1) is 0 Å². The van der Waals surface area contributed by atoms with Crippen LogP contribution in [-0.2, 0) is 0 Å². The molecule has 0 heterocycles. The SMILES string of the molecule is C=C[C@H](N)c1cccc(Cl)c1.Cl. The van der Waals surface area contributed by atoms with Crippen molar-refractivity contribution in [2.24, 2.45) is 5.73 Å². The molecule has 12 heavy (non-hydrogen) atoms. The summed E-state index contributed by atoms with van der Waals surface area (Å²) in [7, 11) is 0. The van der Waals surface area contributed by atoms with E-state index in [0.29, 0.717) is 5.02 Å². The Balaban J connectivity index is 0.00000121. The van der Waals surface area contributed by atoms with E-state index < -0.39 is 0 Å². The highest BCUT2D eigenvalue weighted by atomic mass is 35.5. The van der Waals surface area contributed by atoms with E-state index in [1.165, 1.54) is 0 Å². The Kier molecular flexibility index (Phi) is 4.98. The van der Waals surface area contributed by atoms with Gasteiger partial charge in [0.05, 0.1) is 0 Å². The van der Waals surface area contributed by atoms with E-state index in [4.69, 9.17) is 17.3 Å². The summed E-state index contributed by atoms with van der Waals surface area (Å²) in [5.74, 6) is 0. The van der Waals surface area contributed by atoms with Crippen molar-refractivity contribution < 1.29 is 0 Å². The Hall–Kier alpha value is -0.500. The number of nitrogens with two attached hydrogens (primary N) is 1. The summed E-state index contributed by atoms with van der Waals surface area (Å²) in [6.45, 7) is 3.60. The molecular formula is C9H11Cl2N. The molecule has 1 aromatic rings. The maximum atomic E-state index is 5.76. The first-order valence-corrected chi connectivity index (χ1v) is 3.75. The summed E-state index contributed by atoms with van der Waals surface area (Å²) in [6.07, 6.45) is 1.69. The van der Waals surface area contributed by atoms with E-state index in [0.717, 1.165) is 5.56 Å². The van der Waals surface area contributed by atoms with Gasteiger partial charge in [0.15, 0.2) is 0 Å². The fourth-order valence-electron chi connectivity index (χ4n) is 0.850. The van der Waals surface area contributed by atoms with Crippen molar-refractivity contribution in [1.82, 2.24) is 0 Å². The van der Waals surface area contributed by atoms with E-state index in [-0.39, 0.29) is 18.4 Å². The standard InChI is InChI=1S/C9H10ClN.ClH/c1-2-9(11)7-4-3-5-8(10)6-7;/h2-6,9H,1,11H2;1H/t9-;/m0./s1. The molecule has 1 rings (SSSR count). The molecule has 0 saturated heterocycles. The van der Waals surface area contributed by atoms with Crippen molar-refractivity contribution in [1.29, 1.82) is 0 Å². The summed E-state index contributed by atoms with van der Waals surface area (Å²) < 4.78 is 0. The molecule has 0 fully saturated rings. The minimum absolute atomic E-state index is 0. The zero-order chi connectivity index (χ0) is 8.27. The lowest BCUT2D eigenvalue weighted by molar-refractivity contribution is 0.915. The largest absolute Gasteiger partial charge is 0.321 e. The molecule has 3 heteroatoms. The van der Waals surface area contributed by atoms with Gasteiger partial charge in [-0.1, -0.05) is 29.8 Å². The van der Waals surface area contributed by atoms with Crippen LogP contribution < -0.4 is 5.73 Å². The molecule has 0 aliphatic rings. The molecule has 1 aromatic carbocycles. The normalized spacial score (nSPS) is 11.5. The molecule has 0 saturated carbocycles. The van der Waals surface area contributed by atoms with Crippen molar-refractivity contribution in [2.45, 2.75) is 6.04 Å². The predicted molar refractivity (Wildman–Crippen MR) is 55.8 cm³/mol. The Morgan fingerprint density at radius 3 is 2.67 bits per heavy atom. The maximum Gasteiger partial charge on any atom is 0.0479 e. The Morgan fingerprint density at radius 2 is 2.17 bits per heavy atom. The molecule has 0 unspecified atom stereocenters. The third kappa shape index (κ3) is 2.86. The quantitative estimate of drug-likeness (QED) is 0.736. The van der Waals surface area contributed by atoms with E-state index >= 15 is 0 Å². The van der Waals surface area contributed by atoms with Gasteiger partial charge < -0.3 is 5.73 Å². The fourth-order valence-corrected chi connectivity index (χ4v) is 1.05. The van der Waals surface area contributed by atoms with Gasteiger partial charge in [-0.05, 0) is 17.7 Å². The van der Waals surface area contributed by atoms with E-state index in [1.807, 2.05) is 24.3 Å². The van der Waals surface area contributed by atoms with Crippen molar-refractivity contribution in [3.8, 4) is 0 Å². The molecule has 0 aliphatic heterocycles. The van der Waals surface area contributed by atoms with Crippen LogP contribution in [-0.4, -0.2) is 0 Å². The predicted octanol–water partition coefficient (Wildman–Crippen LogP) is 2.95. The average Bonchev–Trinajstić information content (AvgIpc) is 2.03. The maximum absolute atomic E-state index is 5.76. The van der Waals surface area contributed by atoms with Gasteiger partial charge in [0.25, 0.3) is 0 Å². The van der Waals surface area contributed by atoms with Gasteiger partial charge in [0, 0.05) is 11.1 Å². The van der Waals surface area contributed by atoms with Gasteiger partial charge in [0.1, 0.15) is 0 Å². The van der Waals surface area contributed by atoms with Crippen LogP contribution in [0.25, 0.3) is 0 Å². The van der Waals surface area contributed by atoms with Crippen molar-refractivity contribution >= 4 is 24.0 Å². The second kappa shape index (κ2) is 5.20. The Labute approximate surface area is 83.6 Å². The first-order valence-electron chi connectivity index (χ1n) is 3.37. The molecule has 0 radical (unpaired) electrons. The lowest BCUT2D eigenvalue weighted by atomic mass is 10.1. The average molecular weight is 204 g/mol. The van der Waals surface area contributed by atoms with Crippen LogP contribution in [0.5, 0.6) is 0 Å². The first kappa shape index (κ1) is 11.5. The second-order valence-electron chi connectivity index (χ2n) is 2.32. The monoisotopic (exact) mass is 203 g/mol. The Bertz CT molecular complexity index is 260. The van der Waals surface area contributed by atoms with Crippen LogP contribution in [0.3, 0.4) is 0 Å². The zero-order valence-electron chi connectivity index (χ0n) is 6.53. The highest BCUT2D eigenvalue weighted by Crippen LogP contribution is 2.15. The molecule has 0 aliphatic carbocycles. The van der Waals surface area contributed by atoms with Crippen LogP contribution in [0.15, 0.2) is 36.9 Å². The number of hydrogen-bond acceptors (Lipinski definition) is 1. The topological polar surface area (TPSA) is 26.0 Å². The molecule has 2 N–H and O–H groups in total. The van der Waals surface area contributed by atoms with Gasteiger partial charge in [-0.3, -0.25) is 0 Å². The third-order valence-corrected chi connectivity index (χ3v) is 1.72. The molecule has 1 atom stereocenters. The number of hydrogen-bond donors (Lipinski definition) is 1. The number of halogens is 2. The van der Waals surface area contributed by atoms with E-state index in [1.54, 1.807) is 6.08 Å². The summed E-state index contributed by atoms with van der Waals surface area (Å²) >= 11 is 5.76. The molecule has 0 aromatic heterocycles. The third-order valence-electron chi connectivity index (χ3n) is 1.49. The van der Waals surface area contributed by atoms with Crippen molar-refractivity contribution in [2.75, 3.05) is 0 Å². The lowest BCUT2D eigenvalue weighted by Gasteiger charge is -2.05. The van der Waals surface area contributed by atoms with Crippen LogP contribution in [0.2, 0.25) is 5.02 Å². The Morgan fingerprint density at radius 1 is 1.50 bits per heavy atom. The van der Waals surface area contributed by atoms with Gasteiger partial charge in [0.2, 0.25) is 0 Å². The van der Waals surface area contributed by atoms with Gasteiger partial charge >= 0.3 is 0 Å². The molecule has 66 valence electrons. The summed E-state index contributed by atoms with van der Waals surface area (Å²) in [5, 5.41) is 0.708. The van der Waals surface area contributed by atoms with E-state index in [9.17, 15) is 0 Å². The van der Waals surface area contributed by atoms with Gasteiger partial charge in [-0.25, -0.2) is 0 Å². The molecule has 0 spiro atoms. The highest BCUT2D eigenvalue weighted by Gasteiger charge is 1.99. The molecule has 0 amide bonds. The smallest absolute Gasteiger partial charge is 0.0479 e. The first-order chi connectivity index (χ1) is 5.24. The van der Waals surface area contributed by atoms with Crippen LogP contribution in [0.1, 0.15) is 11.6 Å². The van der Waals surface area contributed by atoms with Crippen LogP contribution >= 0.6 is 24.0 Å². The number of benzene rings is 1. The molecular weight excluding hydrogens is 193 g/mol. The summed E-state index contributed by atoms with van der Waals surface area (Å²) in [6, 6.07) is 7.35. The molecule has 1 nitrogen and oxygen atoms in total. The highest BCUT2D eigenvalue weighted by molar-refractivity contribution is 6.30. The van der Waals surface area contributed by atoms with Gasteiger partial charge in [-0.2, -0.15) is 0 Å². The van der Waals surface area contributed by atoms with Crippen LogP contribution in [0.4, 0.5) is 0 Å².